The second-order valence-corrected chi connectivity index (χ2v) is 5.57. The summed E-state index contributed by atoms with van der Waals surface area (Å²) in [5.41, 5.74) is -0.970. The molecule has 1 aromatic rings. The summed E-state index contributed by atoms with van der Waals surface area (Å²) in [6.07, 6.45) is -2.57. The fraction of sp³-hybridized carbons (Fsp3) is 0.643. The average molecular weight is 303 g/mol. The summed E-state index contributed by atoms with van der Waals surface area (Å²) in [5.74, 6) is 0. The number of aromatic nitrogens is 1. The van der Waals surface area contributed by atoms with Gasteiger partial charge in [-0.3, -0.25) is 9.88 Å². The summed E-state index contributed by atoms with van der Waals surface area (Å²) in [6, 6.07) is 0.529. The van der Waals surface area contributed by atoms with E-state index in [4.69, 9.17) is 0 Å². The lowest BCUT2D eigenvalue weighted by Crippen LogP contribution is -2.42. The van der Waals surface area contributed by atoms with E-state index in [1.165, 1.54) is 0 Å². The molecule has 0 spiro atoms. The van der Waals surface area contributed by atoms with Crippen molar-refractivity contribution in [1.82, 2.24) is 14.8 Å². The molecule has 1 N–H and O–H groups in total. The molecule has 1 aromatic heterocycles. The van der Waals surface area contributed by atoms with Gasteiger partial charge in [-0.15, -0.1) is 0 Å². The van der Waals surface area contributed by atoms with E-state index in [0.717, 1.165) is 38.0 Å². The van der Waals surface area contributed by atoms with Crippen LogP contribution in [-0.4, -0.2) is 59.7 Å². The number of nitrogens with zero attached hydrogens (tertiary/aromatic N) is 3. The second-order valence-electron chi connectivity index (χ2n) is 5.57. The van der Waals surface area contributed by atoms with Crippen molar-refractivity contribution in [1.29, 1.82) is 0 Å². The zero-order chi connectivity index (χ0) is 15.6. The maximum absolute atomic E-state index is 13.1. The number of alkyl halides is 3. The fourth-order valence-electron chi connectivity index (χ4n) is 2.75. The molecule has 2 unspecified atom stereocenters. The summed E-state index contributed by atoms with van der Waals surface area (Å²) in [5, 5.41) is 10.5. The van der Waals surface area contributed by atoms with Gasteiger partial charge in [-0.25, -0.2) is 0 Å². The molecule has 4 nitrogen and oxygen atoms in total. The average Bonchev–Trinajstić information content (AvgIpc) is 2.58. The van der Waals surface area contributed by atoms with Crippen LogP contribution in [0.25, 0.3) is 0 Å². The predicted octanol–water partition coefficient (Wildman–Crippen LogP) is 1.77. The Bertz CT molecular complexity index is 481. The minimum Gasteiger partial charge on any atom is -0.387 e. The van der Waals surface area contributed by atoms with Gasteiger partial charge in [0.25, 0.3) is 0 Å². The Morgan fingerprint density at radius 3 is 2.71 bits per heavy atom. The van der Waals surface area contributed by atoms with Crippen molar-refractivity contribution < 1.29 is 18.3 Å². The third-order valence-corrected chi connectivity index (χ3v) is 3.96. The number of aliphatic hydroxyl groups is 1. The van der Waals surface area contributed by atoms with Gasteiger partial charge in [0.1, 0.15) is 0 Å². The Hall–Kier alpha value is -1.18. The summed E-state index contributed by atoms with van der Waals surface area (Å²) >= 11 is 0. The SMILES string of the molecule is CN1CCCN(C)C(C(O)c2cnccc2C(F)(F)F)C1. The molecule has 0 radical (unpaired) electrons. The van der Waals surface area contributed by atoms with Gasteiger partial charge < -0.3 is 10.0 Å². The van der Waals surface area contributed by atoms with E-state index in [2.05, 4.69) is 4.98 Å². The third-order valence-electron chi connectivity index (χ3n) is 3.96. The van der Waals surface area contributed by atoms with Crippen LogP contribution in [0.4, 0.5) is 13.2 Å². The highest BCUT2D eigenvalue weighted by Gasteiger charge is 2.38. The molecule has 21 heavy (non-hydrogen) atoms. The van der Waals surface area contributed by atoms with Crippen LogP contribution < -0.4 is 0 Å². The standard InChI is InChI=1S/C14H20F3N3O/c1-19-6-3-7-20(2)12(9-19)13(21)10-8-18-5-4-11(10)14(15,16)17/h4-5,8,12-13,21H,3,6-7,9H2,1-2H3. The Morgan fingerprint density at radius 1 is 1.33 bits per heavy atom. The van der Waals surface area contributed by atoms with Crippen LogP contribution in [0.5, 0.6) is 0 Å². The van der Waals surface area contributed by atoms with Crippen LogP contribution in [0, 0.1) is 0 Å². The van der Waals surface area contributed by atoms with Crippen molar-refractivity contribution in [2.75, 3.05) is 33.7 Å². The molecule has 1 fully saturated rings. The van der Waals surface area contributed by atoms with Crippen molar-refractivity contribution in [2.24, 2.45) is 0 Å². The Kier molecular flexibility index (Phi) is 4.85. The van der Waals surface area contributed by atoms with Crippen molar-refractivity contribution in [3.05, 3.63) is 29.6 Å². The van der Waals surface area contributed by atoms with Gasteiger partial charge >= 0.3 is 6.18 Å². The lowest BCUT2D eigenvalue weighted by Gasteiger charge is -2.32. The highest BCUT2D eigenvalue weighted by molar-refractivity contribution is 5.29. The number of pyridine rings is 1. The largest absolute Gasteiger partial charge is 0.416 e. The Labute approximate surface area is 122 Å². The summed E-state index contributed by atoms with van der Waals surface area (Å²) in [7, 11) is 3.74. The van der Waals surface area contributed by atoms with E-state index in [0.29, 0.717) is 6.54 Å². The quantitative estimate of drug-likeness (QED) is 0.904. The van der Waals surface area contributed by atoms with Crippen LogP contribution in [-0.2, 0) is 6.18 Å². The maximum atomic E-state index is 13.1. The van der Waals surface area contributed by atoms with Crippen molar-refractivity contribution in [3.8, 4) is 0 Å². The molecule has 2 rings (SSSR count). The first-order chi connectivity index (χ1) is 9.80. The van der Waals surface area contributed by atoms with Gasteiger partial charge in [0.05, 0.1) is 17.7 Å². The summed E-state index contributed by atoms with van der Waals surface area (Å²) in [6.45, 7) is 2.13. The lowest BCUT2D eigenvalue weighted by atomic mass is 9.97. The minimum absolute atomic E-state index is 0.155. The molecule has 2 heterocycles. The molecular formula is C14H20F3N3O. The molecule has 1 aliphatic heterocycles. The lowest BCUT2D eigenvalue weighted by molar-refractivity contribution is -0.139. The van der Waals surface area contributed by atoms with E-state index < -0.39 is 17.8 Å². The zero-order valence-corrected chi connectivity index (χ0v) is 12.1. The van der Waals surface area contributed by atoms with Gasteiger partial charge in [-0.2, -0.15) is 13.2 Å². The van der Waals surface area contributed by atoms with E-state index in [9.17, 15) is 18.3 Å². The molecule has 118 valence electrons. The molecule has 0 saturated carbocycles. The highest BCUT2D eigenvalue weighted by atomic mass is 19.4. The first-order valence-corrected chi connectivity index (χ1v) is 6.88. The first-order valence-electron chi connectivity index (χ1n) is 6.88. The first kappa shape index (κ1) is 16.2. The van der Waals surface area contributed by atoms with Gasteiger partial charge in [-0.05, 0) is 39.7 Å². The van der Waals surface area contributed by atoms with Gasteiger partial charge in [0.15, 0.2) is 0 Å². The molecule has 0 bridgehead atoms. The van der Waals surface area contributed by atoms with E-state index in [1.807, 2.05) is 23.9 Å². The van der Waals surface area contributed by atoms with Gasteiger partial charge in [0, 0.05) is 24.5 Å². The molecule has 1 aliphatic rings. The van der Waals surface area contributed by atoms with Crippen molar-refractivity contribution in [3.63, 3.8) is 0 Å². The number of hydrogen-bond donors (Lipinski definition) is 1. The predicted molar refractivity (Wildman–Crippen MR) is 72.7 cm³/mol. The van der Waals surface area contributed by atoms with Gasteiger partial charge in [0.2, 0.25) is 0 Å². The Morgan fingerprint density at radius 2 is 2.05 bits per heavy atom. The topological polar surface area (TPSA) is 39.6 Å². The second kappa shape index (κ2) is 6.29. The molecule has 0 aromatic carbocycles. The maximum Gasteiger partial charge on any atom is 0.416 e. The molecule has 0 aliphatic carbocycles. The highest BCUT2D eigenvalue weighted by Crippen LogP contribution is 2.35. The number of aliphatic hydroxyl groups excluding tert-OH is 1. The number of halogens is 3. The normalized spacial score (nSPS) is 23.8. The third kappa shape index (κ3) is 3.72. The summed E-state index contributed by atoms with van der Waals surface area (Å²) < 4.78 is 39.2. The smallest absolute Gasteiger partial charge is 0.387 e. The van der Waals surface area contributed by atoms with Crippen LogP contribution in [0.15, 0.2) is 18.5 Å². The van der Waals surface area contributed by atoms with E-state index in [1.54, 1.807) is 0 Å². The van der Waals surface area contributed by atoms with Crippen molar-refractivity contribution in [2.45, 2.75) is 24.7 Å². The zero-order valence-electron chi connectivity index (χ0n) is 12.1. The fourth-order valence-corrected chi connectivity index (χ4v) is 2.75. The summed E-state index contributed by atoms with van der Waals surface area (Å²) in [4.78, 5) is 7.70. The number of hydrogen-bond acceptors (Lipinski definition) is 4. The van der Waals surface area contributed by atoms with E-state index >= 15 is 0 Å². The molecular weight excluding hydrogens is 283 g/mol. The molecule has 7 heteroatoms. The van der Waals surface area contributed by atoms with Crippen LogP contribution in [0.1, 0.15) is 23.7 Å². The molecule has 0 amide bonds. The number of rotatable bonds is 2. The molecule has 1 saturated heterocycles. The minimum atomic E-state index is -4.49. The molecule has 2 atom stereocenters. The number of likely N-dealkylation sites (N-methyl/N-ethyl adjacent to an activating group) is 2. The monoisotopic (exact) mass is 303 g/mol. The van der Waals surface area contributed by atoms with E-state index in [-0.39, 0.29) is 11.6 Å². The van der Waals surface area contributed by atoms with Crippen LogP contribution in [0.3, 0.4) is 0 Å². The Balaban J connectivity index is 2.32. The van der Waals surface area contributed by atoms with Crippen molar-refractivity contribution >= 4 is 0 Å². The van der Waals surface area contributed by atoms with Crippen LogP contribution in [0.2, 0.25) is 0 Å². The van der Waals surface area contributed by atoms with Gasteiger partial charge in [-0.1, -0.05) is 0 Å². The van der Waals surface area contributed by atoms with Crippen LogP contribution >= 0.6 is 0 Å².